The molecule has 0 saturated heterocycles. The third-order valence-corrected chi connectivity index (χ3v) is 7.09. The van der Waals surface area contributed by atoms with E-state index in [1.807, 2.05) is 38.1 Å². The van der Waals surface area contributed by atoms with E-state index in [2.05, 4.69) is 34.9 Å². The molecule has 0 radical (unpaired) electrons. The first-order valence-electron chi connectivity index (χ1n) is 11.9. The minimum Gasteiger partial charge on any atom is -0.481 e. The van der Waals surface area contributed by atoms with Crippen molar-refractivity contribution in [3.8, 4) is 11.1 Å². The number of hydrogen-bond acceptors (Lipinski definition) is 4. The first-order chi connectivity index (χ1) is 16.3. The summed E-state index contributed by atoms with van der Waals surface area (Å²) in [6.45, 7) is 4.20. The molecule has 4 rings (SSSR count). The number of fused-ring (bicyclic) bond motifs is 3. The van der Waals surface area contributed by atoms with Crippen molar-refractivity contribution in [1.82, 2.24) is 10.6 Å². The van der Waals surface area contributed by atoms with Crippen molar-refractivity contribution >= 4 is 18.0 Å². The van der Waals surface area contributed by atoms with Gasteiger partial charge in [-0.15, -0.1) is 0 Å². The summed E-state index contributed by atoms with van der Waals surface area (Å²) < 4.78 is 5.55. The average Bonchev–Trinajstić information content (AvgIpc) is 3.40. The largest absolute Gasteiger partial charge is 0.481 e. The van der Waals surface area contributed by atoms with Crippen LogP contribution in [0.5, 0.6) is 0 Å². The minimum absolute atomic E-state index is 0.00130. The standard InChI is InChI=1S/C27H32N2O5/c1-27(2,25(32)29-18-12-11-17(15-18)24(30)31)13-14-28-26(33)34-16-23-21-9-5-3-7-19(21)20-8-4-6-10-22(20)23/h3-10,17-18,23H,11-16H2,1-2H3,(H,28,33)(H,29,32)(H,30,31). The molecule has 1 fully saturated rings. The number of carbonyl (C=O) groups is 3. The lowest BCUT2D eigenvalue weighted by Crippen LogP contribution is -2.43. The van der Waals surface area contributed by atoms with Crippen LogP contribution in [0.1, 0.15) is 56.6 Å². The zero-order valence-electron chi connectivity index (χ0n) is 19.7. The van der Waals surface area contributed by atoms with Gasteiger partial charge in [-0.3, -0.25) is 9.59 Å². The van der Waals surface area contributed by atoms with Gasteiger partial charge >= 0.3 is 12.1 Å². The molecule has 2 amide bonds. The van der Waals surface area contributed by atoms with Crippen molar-refractivity contribution in [3.05, 3.63) is 59.7 Å². The van der Waals surface area contributed by atoms with Gasteiger partial charge in [-0.2, -0.15) is 0 Å². The molecule has 34 heavy (non-hydrogen) atoms. The molecule has 2 aromatic carbocycles. The number of rotatable bonds is 8. The highest BCUT2D eigenvalue weighted by Gasteiger charge is 2.34. The fourth-order valence-electron chi connectivity index (χ4n) is 4.96. The number of hydrogen-bond donors (Lipinski definition) is 3. The maximum Gasteiger partial charge on any atom is 0.407 e. The van der Waals surface area contributed by atoms with Crippen LogP contribution in [-0.2, 0) is 14.3 Å². The molecule has 0 spiro atoms. The summed E-state index contributed by atoms with van der Waals surface area (Å²) in [7, 11) is 0. The summed E-state index contributed by atoms with van der Waals surface area (Å²) in [5, 5.41) is 14.9. The quantitative estimate of drug-likeness (QED) is 0.540. The van der Waals surface area contributed by atoms with Gasteiger partial charge in [0, 0.05) is 23.9 Å². The summed E-state index contributed by atoms with van der Waals surface area (Å²) in [6, 6.07) is 16.3. The van der Waals surface area contributed by atoms with Gasteiger partial charge < -0.3 is 20.5 Å². The van der Waals surface area contributed by atoms with Crippen LogP contribution in [-0.4, -0.2) is 42.3 Å². The van der Waals surface area contributed by atoms with Crippen molar-refractivity contribution in [2.24, 2.45) is 11.3 Å². The Hall–Kier alpha value is -3.35. The lowest BCUT2D eigenvalue weighted by Gasteiger charge is -2.26. The number of carboxylic acids is 1. The van der Waals surface area contributed by atoms with Gasteiger partial charge in [0.15, 0.2) is 0 Å². The molecule has 0 heterocycles. The van der Waals surface area contributed by atoms with E-state index in [4.69, 9.17) is 9.84 Å². The van der Waals surface area contributed by atoms with Crippen LogP contribution in [0.4, 0.5) is 4.79 Å². The molecule has 2 atom stereocenters. The monoisotopic (exact) mass is 464 g/mol. The Kier molecular flexibility index (Phi) is 6.91. The van der Waals surface area contributed by atoms with Gasteiger partial charge in [0.1, 0.15) is 6.61 Å². The average molecular weight is 465 g/mol. The van der Waals surface area contributed by atoms with E-state index in [0.717, 1.165) is 11.1 Å². The fourth-order valence-corrected chi connectivity index (χ4v) is 4.96. The molecular formula is C27H32N2O5. The van der Waals surface area contributed by atoms with Crippen LogP contribution >= 0.6 is 0 Å². The molecule has 7 nitrogen and oxygen atoms in total. The number of benzene rings is 2. The van der Waals surface area contributed by atoms with Crippen LogP contribution in [0, 0.1) is 11.3 Å². The van der Waals surface area contributed by atoms with Crippen molar-refractivity contribution in [3.63, 3.8) is 0 Å². The van der Waals surface area contributed by atoms with Crippen molar-refractivity contribution in [2.45, 2.75) is 51.5 Å². The Bertz CT molecular complexity index is 1030. The van der Waals surface area contributed by atoms with Crippen LogP contribution in [0.25, 0.3) is 11.1 Å². The zero-order valence-corrected chi connectivity index (χ0v) is 19.7. The number of ether oxygens (including phenoxy) is 1. The molecule has 0 aromatic heterocycles. The Balaban J connectivity index is 1.24. The molecule has 2 unspecified atom stereocenters. The van der Waals surface area contributed by atoms with Crippen LogP contribution in [0.3, 0.4) is 0 Å². The number of nitrogens with one attached hydrogen (secondary N) is 2. The number of alkyl carbamates (subject to hydrolysis) is 1. The summed E-state index contributed by atoms with van der Waals surface area (Å²) >= 11 is 0. The highest BCUT2D eigenvalue weighted by atomic mass is 16.5. The first-order valence-corrected chi connectivity index (χ1v) is 11.9. The third-order valence-electron chi connectivity index (χ3n) is 7.09. The van der Waals surface area contributed by atoms with Crippen molar-refractivity contribution < 1.29 is 24.2 Å². The first kappa shape index (κ1) is 23.8. The second-order valence-electron chi connectivity index (χ2n) is 9.90. The normalized spacial score (nSPS) is 19.2. The number of amides is 2. The molecule has 0 aliphatic heterocycles. The smallest absolute Gasteiger partial charge is 0.407 e. The van der Waals surface area contributed by atoms with Crippen molar-refractivity contribution in [2.75, 3.05) is 13.2 Å². The van der Waals surface area contributed by atoms with E-state index < -0.39 is 17.5 Å². The van der Waals surface area contributed by atoms with Gasteiger partial charge in [0.05, 0.1) is 5.92 Å². The van der Waals surface area contributed by atoms with E-state index in [1.54, 1.807) is 0 Å². The Morgan fingerprint density at radius 3 is 2.21 bits per heavy atom. The summed E-state index contributed by atoms with van der Waals surface area (Å²) in [5.41, 5.74) is 3.98. The van der Waals surface area contributed by atoms with E-state index >= 15 is 0 Å². The van der Waals surface area contributed by atoms with Gasteiger partial charge in [0.25, 0.3) is 0 Å². The molecule has 2 aromatic rings. The Labute approximate surface area is 199 Å². The zero-order chi connectivity index (χ0) is 24.3. The predicted molar refractivity (Wildman–Crippen MR) is 128 cm³/mol. The van der Waals surface area contributed by atoms with Crippen molar-refractivity contribution in [1.29, 1.82) is 0 Å². The molecule has 3 N–H and O–H groups in total. The molecule has 1 saturated carbocycles. The highest BCUT2D eigenvalue weighted by molar-refractivity contribution is 5.82. The highest BCUT2D eigenvalue weighted by Crippen LogP contribution is 2.44. The van der Waals surface area contributed by atoms with Crippen LogP contribution < -0.4 is 10.6 Å². The van der Waals surface area contributed by atoms with Gasteiger partial charge in [-0.05, 0) is 47.9 Å². The Morgan fingerprint density at radius 2 is 1.62 bits per heavy atom. The van der Waals surface area contributed by atoms with Crippen LogP contribution in [0.15, 0.2) is 48.5 Å². The second-order valence-corrected chi connectivity index (χ2v) is 9.90. The maximum atomic E-state index is 12.7. The topological polar surface area (TPSA) is 105 Å². The molecular weight excluding hydrogens is 432 g/mol. The molecule has 2 aliphatic rings. The van der Waals surface area contributed by atoms with Gasteiger partial charge in [-0.25, -0.2) is 4.79 Å². The van der Waals surface area contributed by atoms with E-state index in [1.165, 1.54) is 11.1 Å². The van der Waals surface area contributed by atoms with E-state index in [-0.39, 0.29) is 30.4 Å². The minimum atomic E-state index is -0.802. The number of carboxylic acid groups (broad SMARTS) is 1. The molecule has 180 valence electrons. The number of carbonyl (C=O) groups excluding carboxylic acids is 2. The lowest BCUT2D eigenvalue weighted by molar-refractivity contribution is -0.141. The molecule has 0 bridgehead atoms. The SMILES string of the molecule is CC(C)(CCNC(=O)OCC1c2ccccc2-c2ccccc21)C(=O)NC1CCC(C(=O)O)C1. The lowest BCUT2D eigenvalue weighted by atomic mass is 9.88. The van der Waals surface area contributed by atoms with Crippen LogP contribution in [0.2, 0.25) is 0 Å². The summed E-state index contributed by atoms with van der Waals surface area (Å²) in [4.78, 5) is 36.2. The molecule has 2 aliphatic carbocycles. The maximum absolute atomic E-state index is 12.7. The van der Waals surface area contributed by atoms with Gasteiger partial charge in [0.2, 0.25) is 5.91 Å². The predicted octanol–water partition coefficient (Wildman–Crippen LogP) is 4.31. The summed E-state index contributed by atoms with van der Waals surface area (Å²) in [6.07, 6.45) is 1.67. The fraction of sp³-hybridized carbons (Fsp3) is 0.444. The molecule has 7 heteroatoms. The Morgan fingerprint density at radius 1 is 1.00 bits per heavy atom. The summed E-state index contributed by atoms with van der Waals surface area (Å²) in [5.74, 6) is -1.31. The van der Waals surface area contributed by atoms with E-state index in [9.17, 15) is 14.4 Å². The van der Waals surface area contributed by atoms with E-state index in [0.29, 0.717) is 32.2 Å². The number of aliphatic carboxylic acids is 1. The second kappa shape index (κ2) is 9.87. The third kappa shape index (κ3) is 5.08. The van der Waals surface area contributed by atoms with Gasteiger partial charge in [-0.1, -0.05) is 62.4 Å².